The number of esters is 4. The van der Waals surface area contributed by atoms with Crippen molar-refractivity contribution in [1.29, 1.82) is 0 Å². The molecular weight excluding hydrogens is 1540 g/mol. The van der Waals surface area contributed by atoms with E-state index in [1.165, 1.54) is 193 Å². The summed E-state index contributed by atoms with van der Waals surface area (Å²) in [6.07, 6.45) is 30.5. The van der Waals surface area contributed by atoms with Crippen LogP contribution >= 0.6 is 7.82 Å². The van der Waals surface area contributed by atoms with E-state index in [-0.39, 0.29) is 25.7 Å². The van der Waals surface area contributed by atoms with Crippen LogP contribution in [-0.4, -0.2) is 205 Å². The Hall–Kier alpha value is -2.79. The van der Waals surface area contributed by atoms with E-state index >= 15 is 0 Å². The molecule has 3 aliphatic rings. The Morgan fingerprint density at radius 1 is 0.331 bits per heavy atom. The van der Waals surface area contributed by atoms with Gasteiger partial charge in [0.15, 0.2) is 24.8 Å². The SMILES string of the molecule is CCCCCC/C=C\CCCCCCCCCC(=O)OC1C(O)C(O)C(OC2OC(CO)C(O)C(O)C2O)C(OP(=O)(O)OCC(COC(=O)CCCCCCCCCCCCCCCCCC)OC(=O)CCCCCCCCCCCCCCCCC)C1OC1OC(COC(=O)CCCCCCCCCCCCCCC)C(O)C(O)C1O. The third-order valence-corrected chi connectivity index (χ3v) is 24.5. The Balaban J connectivity index is 1.91. The summed E-state index contributed by atoms with van der Waals surface area (Å²) >= 11 is 0. The molecule has 2 aliphatic heterocycles. The lowest BCUT2D eigenvalue weighted by atomic mass is 9.84. The fraction of sp³-hybridized carbons (Fsp3) is 0.935. The van der Waals surface area contributed by atoms with Gasteiger partial charge < -0.3 is 88.7 Å². The van der Waals surface area contributed by atoms with Crippen LogP contribution in [0.4, 0.5) is 0 Å². The van der Waals surface area contributed by atoms with Crippen molar-refractivity contribution in [3.63, 3.8) is 0 Å². The van der Waals surface area contributed by atoms with Gasteiger partial charge in [-0.2, -0.15) is 0 Å². The van der Waals surface area contributed by atoms with E-state index in [1.807, 2.05) is 0 Å². The number of unbranched alkanes of at least 4 members (excludes halogenated alkanes) is 52. The maximum atomic E-state index is 14.9. The average molecular weight is 1710 g/mol. The third-order valence-electron chi connectivity index (χ3n) is 23.5. The van der Waals surface area contributed by atoms with Crippen molar-refractivity contribution in [2.75, 3.05) is 26.4 Å². The molecule has 25 nitrogen and oxygen atoms in total. The predicted octanol–water partition coefficient (Wildman–Crippen LogP) is 17.9. The van der Waals surface area contributed by atoms with Crippen LogP contribution in [0.25, 0.3) is 0 Å². The number of allylic oxidation sites excluding steroid dienone is 2. The fourth-order valence-electron chi connectivity index (χ4n) is 15.9. The number of carbonyl (C=O) groups is 4. The first-order chi connectivity index (χ1) is 57.2. The maximum absolute atomic E-state index is 14.9. The number of rotatable bonds is 78. The van der Waals surface area contributed by atoms with Crippen LogP contribution in [0.5, 0.6) is 0 Å². The molecule has 26 heteroatoms. The zero-order valence-electron chi connectivity index (χ0n) is 74.0. The van der Waals surface area contributed by atoms with Crippen molar-refractivity contribution < 1.29 is 122 Å². The smallest absolute Gasteiger partial charge is 0.463 e. The monoisotopic (exact) mass is 1710 g/mol. The molecule has 2 heterocycles. The number of aliphatic hydroxyl groups excluding tert-OH is 9. The minimum atomic E-state index is -5.81. The highest BCUT2D eigenvalue weighted by Gasteiger charge is 2.60. The van der Waals surface area contributed by atoms with E-state index < -0.39 is 162 Å². The van der Waals surface area contributed by atoms with Gasteiger partial charge >= 0.3 is 31.7 Å². The highest BCUT2D eigenvalue weighted by molar-refractivity contribution is 7.47. The molecule has 0 spiro atoms. The highest BCUT2D eigenvalue weighted by Crippen LogP contribution is 2.49. The van der Waals surface area contributed by atoms with Crippen LogP contribution in [0.1, 0.15) is 419 Å². The summed E-state index contributed by atoms with van der Waals surface area (Å²) in [5.74, 6) is -2.95. The first-order valence-corrected chi connectivity index (χ1v) is 49.4. The number of phosphoric ester groups is 1. The molecule has 3 rings (SSSR count). The van der Waals surface area contributed by atoms with E-state index in [4.69, 9.17) is 46.9 Å². The summed E-state index contributed by atoms with van der Waals surface area (Å²) < 4.78 is 73.5. The van der Waals surface area contributed by atoms with Crippen LogP contribution in [0.2, 0.25) is 0 Å². The molecule has 18 atom stereocenters. The van der Waals surface area contributed by atoms with Gasteiger partial charge in [0.2, 0.25) is 0 Å². The zero-order valence-corrected chi connectivity index (χ0v) is 74.9. The Labute approximate surface area is 712 Å². The molecule has 694 valence electrons. The largest absolute Gasteiger partial charge is 0.472 e. The summed E-state index contributed by atoms with van der Waals surface area (Å²) in [6, 6.07) is 0. The lowest BCUT2D eigenvalue weighted by Gasteiger charge is -2.50. The van der Waals surface area contributed by atoms with E-state index in [2.05, 4.69) is 39.8 Å². The number of phosphoric acid groups is 1. The molecule has 0 bridgehead atoms. The van der Waals surface area contributed by atoms with Gasteiger partial charge in [-0.15, -0.1) is 0 Å². The van der Waals surface area contributed by atoms with Crippen LogP contribution < -0.4 is 0 Å². The molecule has 0 radical (unpaired) electrons. The Morgan fingerprint density at radius 2 is 0.636 bits per heavy atom. The molecule has 18 unspecified atom stereocenters. The van der Waals surface area contributed by atoms with Gasteiger partial charge in [0.25, 0.3) is 0 Å². The van der Waals surface area contributed by atoms with Crippen LogP contribution in [0.15, 0.2) is 12.2 Å². The molecule has 1 aliphatic carbocycles. The Bertz CT molecular complexity index is 2500. The fourth-order valence-corrected chi connectivity index (χ4v) is 16.9. The van der Waals surface area contributed by atoms with Gasteiger partial charge in [0.1, 0.15) is 92.6 Å². The molecule has 0 aromatic rings. The topological polar surface area (TPSA) is 380 Å². The number of hydrogen-bond donors (Lipinski definition) is 10. The quantitative estimate of drug-likeness (QED) is 0.00889. The number of aliphatic hydroxyl groups is 9. The standard InChI is InChI=1S/C92H171O25P/c1-5-9-13-17-21-25-29-33-36-39-41-45-48-52-56-60-64-75(94)108-69-72(111-77(96)66-62-58-54-50-46-42-37-34-30-26-22-18-14-10-6-2)70-110-118(106,107)117-90-88(115-91-85(104)81(100)79(98)73(68-93)112-91)84(103)83(102)87(114-78(97)67-63-59-55-51-47-43-38-35-31-27-23-19-15-11-7-3)89(90)116-92-86(105)82(101)80(99)74(113-92)71-109-76(95)65-61-57-53-49-44-40-32-28-24-20-16-12-8-4/h27,31,72-74,79-93,98-105H,5-26,28-30,32-71H2,1-4H3,(H,106,107)/b31-27-. The summed E-state index contributed by atoms with van der Waals surface area (Å²) in [5.41, 5.74) is 0. The van der Waals surface area contributed by atoms with Crippen molar-refractivity contribution in [3.8, 4) is 0 Å². The van der Waals surface area contributed by atoms with Crippen molar-refractivity contribution in [3.05, 3.63) is 12.2 Å². The molecule has 2 saturated heterocycles. The van der Waals surface area contributed by atoms with Crippen molar-refractivity contribution in [2.45, 2.75) is 524 Å². The molecule has 118 heavy (non-hydrogen) atoms. The summed E-state index contributed by atoms with van der Waals surface area (Å²) in [4.78, 5) is 66.5. The molecule has 10 N–H and O–H groups in total. The molecule has 0 aromatic heterocycles. The number of carbonyl (C=O) groups excluding carboxylic acids is 4. The zero-order chi connectivity index (χ0) is 86.1. The van der Waals surface area contributed by atoms with Gasteiger partial charge in [-0.05, 0) is 51.4 Å². The average Bonchev–Trinajstić information content (AvgIpc) is 0.755. The van der Waals surface area contributed by atoms with Crippen LogP contribution in [0, 0.1) is 0 Å². The summed E-state index contributed by atoms with van der Waals surface area (Å²) in [7, 11) is -5.81. The van der Waals surface area contributed by atoms with Crippen molar-refractivity contribution in [1.82, 2.24) is 0 Å². The predicted molar refractivity (Wildman–Crippen MR) is 458 cm³/mol. The molecule has 0 amide bonds. The lowest BCUT2D eigenvalue weighted by Crippen LogP contribution is -2.70. The van der Waals surface area contributed by atoms with Crippen molar-refractivity contribution in [2.24, 2.45) is 0 Å². The van der Waals surface area contributed by atoms with E-state index in [9.17, 15) is 74.6 Å². The second-order valence-electron chi connectivity index (χ2n) is 34.2. The van der Waals surface area contributed by atoms with Crippen molar-refractivity contribution >= 4 is 31.7 Å². The first-order valence-electron chi connectivity index (χ1n) is 47.9. The molecular formula is C92H171O25P. The van der Waals surface area contributed by atoms with Gasteiger partial charge in [0.05, 0.1) is 13.2 Å². The van der Waals surface area contributed by atoms with Crippen LogP contribution in [0.3, 0.4) is 0 Å². The summed E-state index contributed by atoms with van der Waals surface area (Å²) in [5, 5.41) is 102. The van der Waals surface area contributed by atoms with E-state index in [0.29, 0.717) is 32.1 Å². The normalized spacial score (nSPS) is 24.9. The van der Waals surface area contributed by atoms with Gasteiger partial charge in [0, 0.05) is 25.7 Å². The van der Waals surface area contributed by atoms with Gasteiger partial charge in [-0.1, -0.05) is 354 Å². The second kappa shape index (κ2) is 71.4. The second-order valence-corrected chi connectivity index (χ2v) is 35.6. The highest BCUT2D eigenvalue weighted by atomic mass is 31.2. The first kappa shape index (κ1) is 109. The number of hydrogen-bond acceptors (Lipinski definition) is 24. The minimum absolute atomic E-state index is 0.0179. The summed E-state index contributed by atoms with van der Waals surface area (Å²) in [6.45, 7) is 5.62. The van der Waals surface area contributed by atoms with Gasteiger partial charge in [-0.3, -0.25) is 28.2 Å². The number of ether oxygens (including phenoxy) is 8. The maximum Gasteiger partial charge on any atom is 0.472 e. The Kier molecular flexibility index (Phi) is 66.2. The minimum Gasteiger partial charge on any atom is -0.463 e. The lowest BCUT2D eigenvalue weighted by molar-refractivity contribution is -0.360. The van der Waals surface area contributed by atoms with E-state index in [0.717, 1.165) is 141 Å². The molecule has 1 saturated carbocycles. The Morgan fingerprint density at radius 3 is 1.02 bits per heavy atom. The van der Waals surface area contributed by atoms with Crippen LogP contribution in [-0.2, 0) is 70.7 Å². The van der Waals surface area contributed by atoms with Gasteiger partial charge in [-0.25, -0.2) is 4.57 Å². The molecule has 0 aromatic carbocycles. The molecule has 3 fully saturated rings. The van der Waals surface area contributed by atoms with E-state index in [1.54, 1.807) is 0 Å². The third kappa shape index (κ3) is 51.0.